The van der Waals surface area contributed by atoms with Crippen molar-refractivity contribution in [2.24, 2.45) is 16.6 Å². The van der Waals surface area contributed by atoms with Crippen LogP contribution in [0.5, 0.6) is 5.88 Å². The second-order valence-electron chi connectivity index (χ2n) is 8.73. The van der Waals surface area contributed by atoms with Crippen LogP contribution in [-0.4, -0.2) is 59.3 Å². The number of rotatable bonds is 9. The van der Waals surface area contributed by atoms with E-state index in [2.05, 4.69) is 20.3 Å². The van der Waals surface area contributed by atoms with Crippen molar-refractivity contribution in [2.75, 3.05) is 32.8 Å². The van der Waals surface area contributed by atoms with E-state index >= 15 is 0 Å². The predicted molar refractivity (Wildman–Crippen MR) is 128 cm³/mol. The van der Waals surface area contributed by atoms with Gasteiger partial charge in [-0.1, -0.05) is 11.8 Å². The summed E-state index contributed by atoms with van der Waals surface area (Å²) < 4.78 is 30.7. The average Bonchev–Trinajstić information content (AvgIpc) is 3.50. The smallest absolute Gasteiger partial charge is 0.275 e. The van der Waals surface area contributed by atoms with Crippen molar-refractivity contribution in [3.05, 3.63) is 47.7 Å². The Morgan fingerprint density at radius 1 is 1.32 bits per heavy atom. The zero-order valence-electron chi connectivity index (χ0n) is 19.5. The number of fused-ring (bicyclic) bond motifs is 1. The number of methoxy groups -OCH3 is 2. The summed E-state index contributed by atoms with van der Waals surface area (Å²) in [4.78, 5) is 25.6. The number of hydrogen-bond donors (Lipinski definition) is 2. The zero-order chi connectivity index (χ0) is 24.5. The van der Waals surface area contributed by atoms with Crippen LogP contribution in [0.3, 0.4) is 0 Å². The van der Waals surface area contributed by atoms with E-state index in [1.54, 1.807) is 20.3 Å². The third kappa shape index (κ3) is 4.73. The van der Waals surface area contributed by atoms with Crippen LogP contribution in [0.15, 0.2) is 35.6 Å². The first-order valence-electron chi connectivity index (χ1n) is 10.8. The number of nitrogens with two attached hydrogens (primary N) is 1. The minimum Gasteiger partial charge on any atom is -0.471 e. The molecule has 1 aliphatic heterocycles. The van der Waals surface area contributed by atoms with E-state index in [4.69, 9.17) is 19.9 Å². The van der Waals surface area contributed by atoms with Crippen LogP contribution in [0.4, 0.5) is 10.1 Å². The van der Waals surface area contributed by atoms with E-state index in [1.807, 2.05) is 13.8 Å². The van der Waals surface area contributed by atoms with Gasteiger partial charge in [0.05, 0.1) is 35.9 Å². The molecule has 2 heterocycles. The maximum Gasteiger partial charge on any atom is 0.275 e. The summed E-state index contributed by atoms with van der Waals surface area (Å²) in [5, 5.41) is 3.16. The molecule has 0 saturated heterocycles. The Kier molecular flexibility index (Phi) is 6.79. The summed E-state index contributed by atoms with van der Waals surface area (Å²) in [5.41, 5.74) is 6.14. The SMILES string of the molecule is COC[C@H](C)Oc1cnc(C(=O)Nc2ccc(F)c([C@]3(C)N=C(N)S[C@@]4(COC)C[C@H]43)c2)cn1. The molecule has 0 radical (unpaired) electrons. The van der Waals surface area contributed by atoms with Crippen LogP contribution in [0.1, 0.15) is 36.3 Å². The van der Waals surface area contributed by atoms with E-state index in [-0.39, 0.29) is 28.3 Å². The highest BCUT2D eigenvalue weighted by Gasteiger charge is 2.66. The van der Waals surface area contributed by atoms with Gasteiger partial charge < -0.3 is 25.3 Å². The standard InChI is InChI=1S/C23H28FN5O4S/c1-13(11-31-3)33-19-10-26-17(9-27-19)20(30)28-14-5-6-16(24)15(7-14)22(2)18-8-23(18,12-32-4)34-21(25)29-22/h5-7,9-10,13,18H,8,11-12H2,1-4H3,(H2,25,29)(H,28,30)/t13-,18-,22-,23+/m0/s1. The van der Waals surface area contributed by atoms with Crippen LogP contribution < -0.4 is 15.8 Å². The number of aromatic nitrogens is 2. The molecule has 1 saturated carbocycles. The van der Waals surface area contributed by atoms with Gasteiger partial charge in [0.25, 0.3) is 5.91 Å². The lowest BCUT2D eigenvalue weighted by atomic mass is 9.85. The van der Waals surface area contributed by atoms with Gasteiger partial charge in [0.1, 0.15) is 17.6 Å². The Balaban J connectivity index is 1.52. The third-order valence-corrected chi connectivity index (χ3v) is 7.37. The molecule has 0 spiro atoms. The molecule has 1 aromatic heterocycles. The number of carbonyl (C=O) groups excluding carboxylic acids is 1. The molecule has 4 atom stereocenters. The molecule has 0 unspecified atom stereocenters. The lowest BCUT2D eigenvalue weighted by Gasteiger charge is -2.34. The number of benzene rings is 1. The van der Waals surface area contributed by atoms with Crippen molar-refractivity contribution in [3.63, 3.8) is 0 Å². The van der Waals surface area contributed by atoms with Crippen molar-refractivity contribution in [1.82, 2.24) is 9.97 Å². The van der Waals surface area contributed by atoms with Gasteiger partial charge in [0, 0.05) is 31.4 Å². The molecular weight excluding hydrogens is 461 g/mol. The molecule has 1 aromatic carbocycles. The van der Waals surface area contributed by atoms with Gasteiger partial charge in [-0.05, 0) is 38.5 Å². The minimum absolute atomic E-state index is 0.0663. The summed E-state index contributed by atoms with van der Waals surface area (Å²) in [7, 11) is 3.22. The summed E-state index contributed by atoms with van der Waals surface area (Å²) in [6.45, 7) is 4.62. The average molecular weight is 490 g/mol. The molecule has 11 heteroatoms. The first-order chi connectivity index (χ1) is 16.2. The van der Waals surface area contributed by atoms with Crippen molar-refractivity contribution >= 4 is 28.5 Å². The number of carbonyl (C=O) groups is 1. The fourth-order valence-corrected chi connectivity index (χ4v) is 5.93. The highest BCUT2D eigenvalue weighted by molar-refractivity contribution is 8.15. The quantitative estimate of drug-likeness (QED) is 0.552. The van der Waals surface area contributed by atoms with Gasteiger partial charge in [0.2, 0.25) is 5.88 Å². The molecule has 2 aliphatic rings. The number of amides is 1. The predicted octanol–water partition coefficient (Wildman–Crippen LogP) is 2.96. The van der Waals surface area contributed by atoms with E-state index in [0.29, 0.717) is 29.6 Å². The Hall–Kier alpha value is -2.76. The summed E-state index contributed by atoms with van der Waals surface area (Å²) in [6.07, 6.45) is 3.30. The maximum atomic E-state index is 15.0. The third-order valence-electron chi connectivity index (χ3n) is 6.10. The summed E-state index contributed by atoms with van der Waals surface area (Å²) in [6, 6.07) is 4.43. The van der Waals surface area contributed by atoms with Gasteiger partial charge in [-0.3, -0.25) is 9.79 Å². The second kappa shape index (κ2) is 9.47. The Morgan fingerprint density at radius 3 is 2.79 bits per heavy atom. The van der Waals surface area contributed by atoms with E-state index < -0.39 is 17.3 Å². The van der Waals surface area contributed by atoms with E-state index in [9.17, 15) is 9.18 Å². The lowest BCUT2D eigenvalue weighted by molar-refractivity contribution is 0.0885. The van der Waals surface area contributed by atoms with Gasteiger partial charge in [-0.15, -0.1) is 0 Å². The molecule has 3 N–H and O–H groups in total. The first-order valence-corrected chi connectivity index (χ1v) is 11.6. The summed E-state index contributed by atoms with van der Waals surface area (Å²) >= 11 is 1.49. The fourth-order valence-electron chi connectivity index (χ4n) is 4.48. The van der Waals surface area contributed by atoms with Crippen molar-refractivity contribution in [1.29, 1.82) is 0 Å². The number of aliphatic imine (C=N–C) groups is 1. The number of hydrogen-bond acceptors (Lipinski definition) is 9. The monoisotopic (exact) mass is 489 g/mol. The molecule has 182 valence electrons. The molecule has 34 heavy (non-hydrogen) atoms. The number of thioether (sulfide) groups is 1. The zero-order valence-corrected chi connectivity index (χ0v) is 20.3. The second-order valence-corrected chi connectivity index (χ2v) is 10.2. The van der Waals surface area contributed by atoms with Gasteiger partial charge >= 0.3 is 0 Å². The van der Waals surface area contributed by atoms with Crippen LogP contribution in [0, 0.1) is 11.7 Å². The summed E-state index contributed by atoms with van der Waals surface area (Å²) in [5.74, 6) is -0.535. The maximum absolute atomic E-state index is 15.0. The highest BCUT2D eigenvalue weighted by atomic mass is 32.2. The van der Waals surface area contributed by atoms with Crippen molar-refractivity contribution < 1.29 is 23.4 Å². The fraction of sp³-hybridized carbons (Fsp3) is 0.478. The molecule has 2 aromatic rings. The molecule has 0 bridgehead atoms. The number of anilines is 1. The number of nitrogens with one attached hydrogen (secondary N) is 1. The largest absolute Gasteiger partial charge is 0.471 e. The van der Waals surface area contributed by atoms with Crippen LogP contribution >= 0.6 is 11.8 Å². The van der Waals surface area contributed by atoms with Crippen molar-refractivity contribution in [2.45, 2.75) is 36.7 Å². The Morgan fingerprint density at radius 2 is 2.12 bits per heavy atom. The van der Waals surface area contributed by atoms with Crippen LogP contribution in [0.25, 0.3) is 0 Å². The Labute approximate surface area is 201 Å². The molecule has 1 amide bonds. The minimum atomic E-state index is -0.865. The number of nitrogens with zero attached hydrogens (tertiary/aromatic N) is 3. The van der Waals surface area contributed by atoms with E-state index in [1.165, 1.54) is 36.3 Å². The molecule has 1 aliphatic carbocycles. The normalized spacial score (nSPS) is 26.3. The van der Waals surface area contributed by atoms with Crippen LogP contribution in [0.2, 0.25) is 0 Å². The van der Waals surface area contributed by atoms with Gasteiger partial charge in [-0.25, -0.2) is 14.4 Å². The topological polar surface area (TPSA) is 121 Å². The highest BCUT2D eigenvalue weighted by Crippen LogP contribution is 2.66. The molecule has 9 nitrogen and oxygen atoms in total. The number of halogens is 1. The van der Waals surface area contributed by atoms with E-state index in [0.717, 1.165) is 6.42 Å². The molecule has 1 fully saturated rings. The van der Waals surface area contributed by atoms with Gasteiger partial charge in [0.15, 0.2) is 5.17 Å². The van der Waals surface area contributed by atoms with Crippen molar-refractivity contribution in [3.8, 4) is 5.88 Å². The number of ether oxygens (including phenoxy) is 3. The molecular formula is C23H28FN5O4S. The number of amidine groups is 1. The molecule has 4 rings (SSSR count). The van der Waals surface area contributed by atoms with Crippen LogP contribution in [-0.2, 0) is 15.0 Å². The first kappa shape index (κ1) is 24.4. The Bertz CT molecular complexity index is 1100. The van der Waals surface area contributed by atoms with Gasteiger partial charge in [-0.2, -0.15) is 0 Å². The lowest BCUT2D eigenvalue weighted by Crippen LogP contribution is -2.37.